The van der Waals surface area contributed by atoms with E-state index in [1.54, 1.807) is 0 Å². The summed E-state index contributed by atoms with van der Waals surface area (Å²) in [6.07, 6.45) is 5.38. The minimum absolute atomic E-state index is 0.0227. The summed E-state index contributed by atoms with van der Waals surface area (Å²) in [4.78, 5) is 0. The molecule has 0 aromatic carbocycles. The van der Waals surface area contributed by atoms with Crippen LogP contribution >= 0.6 is 11.6 Å². The molecule has 0 radical (unpaired) electrons. The standard InChI is InChI=1S/C12H18ClN5/c1-7-8(14)10(18-17-9(7)13)16-12-4-2-3-11(15,5-12)6-12/h2-6,15H2,1H3,(H2,14,17)(H,16,18). The summed E-state index contributed by atoms with van der Waals surface area (Å²) in [5, 5.41) is 11.8. The molecular formula is C12H18ClN5. The number of nitrogen functional groups attached to an aromatic ring is 1. The van der Waals surface area contributed by atoms with Crippen LogP contribution in [0.1, 0.15) is 37.7 Å². The molecule has 0 aliphatic heterocycles. The Balaban J connectivity index is 1.84. The van der Waals surface area contributed by atoms with Crippen molar-refractivity contribution in [3.05, 3.63) is 10.7 Å². The van der Waals surface area contributed by atoms with Gasteiger partial charge in [-0.3, -0.25) is 0 Å². The molecule has 3 aliphatic carbocycles. The van der Waals surface area contributed by atoms with E-state index in [0.29, 0.717) is 16.7 Å². The van der Waals surface area contributed by atoms with Gasteiger partial charge in [0.2, 0.25) is 0 Å². The fourth-order valence-electron chi connectivity index (χ4n) is 3.43. The molecule has 0 spiro atoms. The molecule has 18 heavy (non-hydrogen) atoms. The van der Waals surface area contributed by atoms with Crippen LogP contribution in [0.4, 0.5) is 11.5 Å². The normalized spacial score (nSPS) is 33.9. The van der Waals surface area contributed by atoms with E-state index in [0.717, 1.165) is 37.7 Å². The number of nitrogens with zero attached hydrogens (tertiary/aromatic N) is 2. The van der Waals surface area contributed by atoms with Gasteiger partial charge in [0, 0.05) is 16.6 Å². The van der Waals surface area contributed by atoms with Crippen molar-refractivity contribution < 1.29 is 0 Å². The van der Waals surface area contributed by atoms with Crippen molar-refractivity contribution in [1.29, 1.82) is 0 Å². The van der Waals surface area contributed by atoms with Crippen molar-refractivity contribution >= 4 is 23.1 Å². The molecule has 0 saturated heterocycles. The van der Waals surface area contributed by atoms with Crippen molar-refractivity contribution in [2.75, 3.05) is 11.1 Å². The summed E-state index contributed by atoms with van der Waals surface area (Å²) in [6.45, 7) is 1.85. The number of anilines is 2. The zero-order valence-corrected chi connectivity index (χ0v) is 11.2. The van der Waals surface area contributed by atoms with E-state index in [9.17, 15) is 0 Å². The number of fused-ring (bicyclic) bond motifs is 2. The van der Waals surface area contributed by atoms with Crippen LogP contribution in [0.5, 0.6) is 0 Å². The Labute approximate surface area is 111 Å². The first-order chi connectivity index (χ1) is 8.43. The van der Waals surface area contributed by atoms with Crippen molar-refractivity contribution in [1.82, 2.24) is 10.2 Å². The third-order valence-electron chi connectivity index (χ3n) is 4.30. The summed E-state index contributed by atoms with van der Waals surface area (Å²) in [5.74, 6) is 0.640. The van der Waals surface area contributed by atoms with Gasteiger partial charge in [-0.25, -0.2) is 0 Å². The lowest BCUT2D eigenvalue weighted by Gasteiger charge is -2.59. The van der Waals surface area contributed by atoms with Gasteiger partial charge in [-0.2, -0.15) is 0 Å². The van der Waals surface area contributed by atoms with E-state index in [4.69, 9.17) is 23.1 Å². The number of aromatic nitrogens is 2. The van der Waals surface area contributed by atoms with Gasteiger partial charge in [0.25, 0.3) is 0 Å². The van der Waals surface area contributed by atoms with Crippen LogP contribution in [-0.4, -0.2) is 21.3 Å². The Kier molecular flexibility index (Phi) is 2.47. The number of nitrogens with two attached hydrogens (primary N) is 2. The molecule has 0 amide bonds. The number of rotatable bonds is 2. The molecule has 3 fully saturated rings. The van der Waals surface area contributed by atoms with Crippen LogP contribution in [-0.2, 0) is 0 Å². The topological polar surface area (TPSA) is 89.8 Å². The van der Waals surface area contributed by atoms with Crippen molar-refractivity contribution in [3.8, 4) is 0 Å². The van der Waals surface area contributed by atoms with E-state index in [1.807, 2.05) is 6.92 Å². The second kappa shape index (κ2) is 3.71. The first-order valence-electron chi connectivity index (χ1n) is 6.28. The Morgan fingerprint density at radius 2 is 2.00 bits per heavy atom. The van der Waals surface area contributed by atoms with E-state index < -0.39 is 0 Å². The molecule has 4 rings (SSSR count). The van der Waals surface area contributed by atoms with Gasteiger partial charge in [-0.05, 0) is 39.0 Å². The Morgan fingerprint density at radius 3 is 2.67 bits per heavy atom. The van der Waals surface area contributed by atoms with Gasteiger partial charge in [0.1, 0.15) is 0 Å². The molecule has 1 aromatic rings. The van der Waals surface area contributed by atoms with Gasteiger partial charge in [0.05, 0.1) is 5.69 Å². The maximum absolute atomic E-state index is 6.25. The zero-order chi connectivity index (χ0) is 13.0. The molecule has 5 N–H and O–H groups in total. The molecule has 5 nitrogen and oxygen atoms in total. The van der Waals surface area contributed by atoms with Crippen LogP contribution in [0.3, 0.4) is 0 Å². The molecule has 6 heteroatoms. The highest BCUT2D eigenvalue weighted by molar-refractivity contribution is 6.30. The molecule has 1 aromatic heterocycles. The minimum atomic E-state index is 0.0227. The van der Waals surface area contributed by atoms with Gasteiger partial charge in [-0.15, -0.1) is 10.2 Å². The molecule has 0 atom stereocenters. The average Bonchev–Trinajstić information content (AvgIpc) is 2.29. The molecule has 2 bridgehead atoms. The monoisotopic (exact) mass is 267 g/mol. The van der Waals surface area contributed by atoms with Gasteiger partial charge in [-0.1, -0.05) is 11.6 Å². The Bertz CT molecular complexity index is 495. The first kappa shape index (κ1) is 12.0. The van der Waals surface area contributed by atoms with Crippen LogP contribution in [0, 0.1) is 6.92 Å². The van der Waals surface area contributed by atoms with E-state index >= 15 is 0 Å². The fourth-order valence-corrected chi connectivity index (χ4v) is 3.57. The predicted octanol–water partition coefficient (Wildman–Crippen LogP) is 1.85. The third kappa shape index (κ3) is 1.73. The molecule has 3 saturated carbocycles. The van der Waals surface area contributed by atoms with E-state index in [-0.39, 0.29) is 11.1 Å². The maximum Gasteiger partial charge on any atom is 0.172 e. The highest BCUT2D eigenvalue weighted by Crippen LogP contribution is 2.52. The quantitative estimate of drug-likeness (QED) is 0.761. The van der Waals surface area contributed by atoms with Gasteiger partial charge in [0.15, 0.2) is 11.0 Å². The number of hydrogen-bond acceptors (Lipinski definition) is 5. The Hall–Kier alpha value is -1.07. The van der Waals surface area contributed by atoms with Crippen LogP contribution in [0.15, 0.2) is 0 Å². The van der Waals surface area contributed by atoms with E-state index in [2.05, 4.69) is 15.5 Å². The summed E-state index contributed by atoms with van der Waals surface area (Å²) in [7, 11) is 0. The molecule has 98 valence electrons. The maximum atomic E-state index is 6.25. The number of nitrogens with one attached hydrogen (secondary N) is 1. The van der Waals surface area contributed by atoms with Crippen LogP contribution < -0.4 is 16.8 Å². The predicted molar refractivity (Wildman–Crippen MR) is 72.5 cm³/mol. The lowest BCUT2D eigenvalue weighted by atomic mass is 9.55. The summed E-state index contributed by atoms with van der Waals surface area (Å²) >= 11 is 5.89. The average molecular weight is 268 g/mol. The molecular weight excluding hydrogens is 250 g/mol. The summed E-state index contributed by atoms with van der Waals surface area (Å²) < 4.78 is 0. The zero-order valence-electron chi connectivity index (χ0n) is 10.5. The van der Waals surface area contributed by atoms with Crippen LogP contribution in [0.25, 0.3) is 0 Å². The minimum Gasteiger partial charge on any atom is -0.395 e. The number of halogens is 1. The third-order valence-corrected chi connectivity index (χ3v) is 4.66. The molecule has 0 unspecified atom stereocenters. The van der Waals surface area contributed by atoms with Gasteiger partial charge < -0.3 is 16.8 Å². The first-order valence-corrected chi connectivity index (χ1v) is 6.66. The smallest absolute Gasteiger partial charge is 0.172 e. The van der Waals surface area contributed by atoms with Crippen molar-refractivity contribution in [3.63, 3.8) is 0 Å². The van der Waals surface area contributed by atoms with Gasteiger partial charge >= 0.3 is 0 Å². The number of hydrogen-bond donors (Lipinski definition) is 3. The van der Waals surface area contributed by atoms with E-state index in [1.165, 1.54) is 0 Å². The second-order valence-corrected chi connectivity index (χ2v) is 6.21. The molecule has 3 aliphatic rings. The highest BCUT2D eigenvalue weighted by atomic mass is 35.5. The summed E-state index contributed by atoms with van der Waals surface area (Å²) in [6, 6.07) is 0. The fraction of sp³-hybridized carbons (Fsp3) is 0.667. The second-order valence-electron chi connectivity index (χ2n) is 5.85. The lowest BCUT2D eigenvalue weighted by Crippen LogP contribution is -2.68. The summed E-state index contributed by atoms with van der Waals surface area (Å²) in [5.41, 5.74) is 13.7. The highest BCUT2D eigenvalue weighted by Gasteiger charge is 2.55. The van der Waals surface area contributed by atoms with Crippen molar-refractivity contribution in [2.24, 2.45) is 5.73 Å². The Morgan fingerprint density at radius 1 is 1.28 bits per heavy atom. The SMILES string of the molecule is Cc1c(Cl)nnc(NC23CCCC(N)(C2)C3)c1N. The lowest BCUT2D eigenvalue weighted by molar-refractivity contribution is 0.0624. The molecule has 1 heterocycles. The largest absolute Gasteiger partial charge is 0.395 e. The van der Waals surface area contributed by atoms with Crippen LogP contribution in [0.2, 0.25) is 5.15 Å². The van der Waals surface area contributed by atoms with Crippen molar-refractivity contribution in [2.45, 2.75) is 50.1 Å².